The van der Waals surface area contributed by atoms with E-state index in [1.165, 1.54) is 53.6 Å². The molecule has 0 aliphatic carbocycles. The molecule has 26 heavy (non-hydrogen) atoms. The van der Waals surface area contributed by atoms with Gasteiger partial charge in [-0.2, -0.15) is 5.10 Å². The maximum absolute atomic E-state index is 12.1. The Hall–Kier alpha value is -4.08. The summed E-state index contributed by atoms with van der Waals surface area (Å²) in [5.74, 6) is -1.12. The second kappa shape index (κ2) is 7.21. The van der Waals surface area contributed by atoms with Gasteiger partial charge in [0.15, 0.2) is 5.69 Å². The Morgan fingerprint density at radius 1 is 1.04 bits per heavy atom. The van der Waals surface area contributed by atoms with Gasteiger partial charge in [0.2, 0.25) is 0 Å². The number of nitro groups is 1. The number of nitrogens with one attached hydrogen (secondary N) is 2. The Kier molecular flexibility index (Phi) is 4.65. The lowest BCUT2D eigenvalue weighted by molar-refractivity contribution is -0.384. The van der Waals surface area contributed by atoms with E-state index in [4.69, 9.17) is 0 Å². The van der Waals surface area contributed by atoms with Gasteiger partial charge in [0, 0.05) is 30.7 Å². The minimum absolute atomic E-state index is 0.0445. The molecule has 2 amide bonds. The van der Waals surface area contributed by atoms with Gasteiger partial charge in [-0.1, -0.05) is 0 Å². The summed E-state index contributed by atoms with van der Waals surface area (Å²) in [4.78, 5) is 37.9. The van der Waals surface area contributed by atoms with Crippen LogP contribution in [0.4, 0.5) is 5.69 Å². The molecule has 0 unspecified atom stereocenters. The van der Waals surface area contributed by atoms with Crippen molar-refractivity contribution in [3.63, 3.8) is 0 Å². The number of nitro benzene ring substituents is 1. The monoisotopic (exact) mass is 352 g/mol. The number of carbonyl (C=O) groups is 2. The zero-order valence-corrected chi connectivity index (χ0v) is 13.2. The summed E-state index contributed by atoms with van der Waals surface area (Å²) in [7, 11) is 0. The fourth-order valence-electron chi connectivity index (χ4n) is 2.06. The lowest BCUT2D eigenvalue weighted by atomic mass is 10.3. The third-order valence-corrected chi connectivity index (χ3v) is 3.36. The molecule has 0 saturated heterocycles. The van der Waals surface area contributed by atoms with Gasteiger partial charge in [-0.3, -0.25) is 35.5 Å². The van der Waals surface area contributed by atoms with Gasteiger partial charge in [-0.15, -0.1) is 0 Å². The van der Waals surface area contributed by atoms with Crippen LogP contribution in [0.5, 0.6) is 0 Å². The number of non-ortho nitro benzene ring substituents is 1. The van der Waals surface area contributed by atoms with Gasteiger partial charge in [0.1, 0.15) is 0 Å². The predicted octanol–water partition coefficient (Wildman–Crippen LogP) is 1.25. The van der Waals surface area contributed by atoms with Crippen molar-refractivity contribution < 1.29 is 14.5 Å². The normalized spacial score (nSPS) is 10.2. The first kappa shape index (κ1) is 16.8. The average Bonchev–Trinajstić information content (AvgIpc) is 3.17. The van der Waals surface area contributed by atoms with Crippen LogP contribution in [-0.4, -0.2) is 31.5 Å². The Labute approximate surface area is 146 Å². The molecule has 0 spiro atoms. The summed E-state index contributed by atoms with van der Waals surface area (Å²) in [6, 6.07) is 10.3. The Morgan fingerprint density at radius 2 is 1.77 bits per heavy atom. The van der Waals surface area contributed by atoms with Crippen LogP contribution < -0.4 is 10.9 Å². The van der Waals surface area contributed by atoms with E-state index in [0.29, 0.717) is 11.3 Å². The third kappa shape index (κ3) is 3.70. The number of hydrazine groups is 1. The highest BCUT2D eigenvalue weighted by Gasteiger charge is 2.13. The highest BCUT2D eigenvalue weighted by molar-refractivity contribution is 5.98. The van der Waals surface area contributed by atoms with Crippen molar-refractivity contribution in [2.45, 2.75) is 0 Å². The number of amides is 2. The second-order valence-electron chi connectivity index (χ2n) is 5.07. The van der Waals surface area contributed by atoms with Gasteiger partial charge >= 0.3 is 0 Å². The molecule has 1 aromatic carbocycles. The summed E-state index contributed by atoms with van der Waals surface area (Å²) in [5, 5.41) is 14.7. The van der Waals surface area contributed by atoms with Gasteiger partial charge < -0.3 is 0 Å². The van der Waals surface area contributed by atoms with Gasteiger partial charge in [0.05, 0.1) is 16.2 Å². The predicted molar refractivity (Wildman–Crippen MR) is 89.4 cm³/mol. The van der Waals surface area contributed by atoms with E-state index in [1.54, 1.807) is 12.1 Å². The summed E-state index contributed by atoms with van der Waals surface area (Å²) in [6.45, 7) is 0. The van der Waals surface area contributed by atoms with Gasteiger partial charge in [-0.25, -0.2) is 4.68 Å². The van der Waals surface area contributed by atoms with Gasteiger partial charge in [0.25, 0.3) is 17.5 Å². The number of carbonyl (C=O) groups excluding carboxylic acids is 2. The molecule has 130 valence electrons. The van der Waals surface area contributed by atoms with Crippen molar-refractivity contribution in [1.82, 2.24) is 25.6 Å². The van der Waals surface area contributed by atoms with Crippen molar-refractivity contribution in [2.24, 2.45) is 0 Å². The molecule has 0 radical (unpaired) electrons. The van der Waals surface area contributed by atoms with Crippen LogP contribution in [0.2, 0.25) is 0 Å². The first-order valence-corrected chi connectivity index (χ1v) is 7.36. The fourth-order valence-corrected chi connectivity index (χ4v) is 2.06. The van der Waals surface area contributed by atoms with Crippen LogP contribution in [0, 0.1) is 10.1 Å². The average molecular weight is 352 g/mol. The second-order valence-corrected chi connectivity index (χ2v) is 5.07. The van der Waals surface area contributed by atoms with Crippen LogP contribution in [0.15, 0.2) is 61.1 Å². The number of aromatic nitrogens is 3. The zero-order valence-electron chi connectivity index (χ0n) is 13.2. The lowest BCUT2D eigenvalue weighted by Gasteiger charge is -2.05. The van der Waals surface area contributed by atoms with Crippen molar-refractivity contribution in [2.75, 3.05) is 0 Å². The Morgan fingerprint density at radius 3 is 2.42 bits per heavy atom. The van der Waals surface area contributed by atoms with Crippen molar-refractivity contribution in [3.8, 4) is 5.69 Å². The molecule has 0 atom stereocenters. The minimum atomic E-state index is -0.608. The fraction of sp³-hybridized carbons (Fsp3) is 0. The summed E-state index contributed by atoms with van der Waals surface area (Å²) >= 11 is 0. The number of pyridine rings is 1. The molecule has 2 aromatic heterocycles. The van der Waals surface area contributed by atoms with Crippen molar-refractivity contribution in [3.05, 3.63) is 82.4 Å². The molecule has 2 N–H and O–H groups in total. The van der Waals surface area contributed by atoms with Crippen LogP contribution in [0.1, 0.15) is 20.8 Å². The highest BCUT2D eigenvalue weighted by Crippen LogP contribution is 2.14. The first-order valence-electron chi connectivity index (χ1n) is 7.36. The van der Waals surface area contributed by atoms with E-state index in [1.807, 2.05) is 0 Å². The zero-order chi connectivity index (χ0) is 18.5. The molecule has 10 nitrogen and oxygen atoms in total. The SMILES string of the molecule is O=C(NNC(=O)c1ccn(-c2ccc([N+](=O)[O-])cc2)n1)c1cccnc1. The van der Waals surface area contributed by atoms with E-state index >= 15 is 0 Å². The Bertz CT molecular complexity index is 952. The molecule has 3 aromatic rings. The Balaban J connectivity index is 1.64. The number of hydrogen-bond acceptors (Lipinski definition) is 6. The molecule has 0 bridgehead atoms. The molecule has 0 saturated carbocycles. The number of nitrogens with zero attached hydrogens (tertiary/aromatic N) is 4. The van der Waals surface area contributed by atoms with Crippen LogP contribution >= 0.6 is 0 Å². The maximum Gasteiger partial charge on any atom is 0.290 e. The summed E-state index contributed by atoms with van der Waals surface area (Å²) < 4.78 is 1.39. The van der Waals surface area contributed by atoms with E-state index in [-0.39, 0.29) is 11.4 Å². The van der Waals surface area contributed by atoms with Crippen molar-refractivity contribution >= 4 is 17.5 Å². The molecule has 0 aliphatic rings. The van der Waals surface area contributed by atoms with Crippen LogP contribution in [0.25, 0.3) is 5.69 Å². The van der Waals surface area contributed by atoms with Crippen LogP contribution in [0.3, 0.4) is 0 Å². The number of benzene rings is 1. The van der Waals surface area contributed by atoms with E-state index in [9.17, 15) is 19.7 Å². The van der Waals surface area contributed by atoms with E-state index in [0.717, 1.165) is 0 Å². The van der Waals surface area contributed by atoms with E-state index < -0.39 is 16.7 Å². The molecule has 0 fully saturated rings. The quantitative estimate of drug-likeness (QED) is 0.536. The third-order valence-electron chi connectivity index (χ3n) is 3.36. The molecule has 3 rings (SSSR count). The summed E-state index contributed by atoms with van der Waals surface area (Å²) in [5.41, 5.74) is 5.38. The number of hydrogen-bond donors (Lipinski definition) is 2. The largest absolute Gasteiger partial charge is 0.290 e. The van der Waals surface area contributed by atoms with Crippen LogP contribution in [-0.2, 0) is 0 Å². The maximum atomic E-state index is 12.1. The van der Waals surface area contributed by atoms with Crippen molar-refractivity contribution in [1.29, 1.82) is 0 Å². The number of rotatable bonds is 4. The molecule has 10 heteroatoms. The highest BCUT2D eigenvalue weighted by atomic mass is 16.6. The standard InChI is InChI=1S/C16H12N6O4/c23-15(11-2-1-8-17-10-11)18-19-16(24)14-7-9-21(20-14)12-3-5-13(6-4-12)22(25)26/h1-10H,(H,18,23)(H,19,24). The smallest absolute Gasteiger partial charge is 0.267 e. The van der Waals surface area contributed by atoms with Gasteiger partial charge in [-0.05, 0) is 30.3 Å². The first-order chi connectivity index (χ1) is 12.5. The molecular formula is C16H12N6O4. The van der Waals surface area contributed by atoms with E-state index in [2.05, 4.69) is 20.9 Å². The molecule has 0 aliphatic heterocycles. The lowest BCUT2D eigenvalue weighted by Crippen LogP contribution is -2.41. The topological polar surface area (TPSA) is 132 Å². The molecular weight excluding hydrogens is 340 g/mol. The molecule has 2 heterocycles. The minimum Gasteiger partial charge on any atom is -0.267 e. The summed E-state index contributed by atoms with van der Waals surface area (Å²) in [6.07, 6.45) is 4.42.